The maximum atomic E-state index is 12.6. The van der Waals surface area contributed by atoms with Gasteiger partial charge in [-0.15, -0.1) is 0 Å². The number of ether oxygens (including phenoxy) is 1. The number of nitrogens with one attached hydrogen (secondary N) is 1. The highest BCUT2D eigenvalue weighted by molar-refractivity contribution is 6.34. The molecule has 0 radical (unpaired) electrons. The van der Waals surface area contributed by atoms with Gasteiger partial charge in [0.2, 0.25) is 0 Å². The predicted molar refractivity (Wildman–Crippen MR) is 102 cm³/mol. The molecular weight excluding hydrogens is 372 g/mol. The van der Waals surface area contributed by atoms with Crippen molar-refractivity contribution in [3.8, 4) is 11.5 Å². The summed E-state index contributed by atoms with van der Waals surface area (Å²) in [7, 11) is 0. The predicted octanol–water partition coefficient (Wildman–Crippen LogP) is 3.16. The molecule has 3 aromatic carbocycles. The van der Waals surface area contributed by atoms with Gasteiger partial charge in [-0.05, 0) is 54.6 Å². The molecule has 0 fully saturated rings. The Labute approximate surface area is 164 Å². The first kappa shape index (κ1) is 16.9. The summed E-state index contributed by atoms with van der Waals surface area (Å²) in [5.74, 6) is -0.780. The van der Waals surface area contributed by atoms with Gasteiger partial charge in [0.1, 0.15) is 11.5 Å². The van der Waals surface area contributed by atoms with E-state index in [1.807, 2.05) is 0 Å². The van der Waals surface area contributed by atoms with E-state index in [0.717, 1.165) is 4.90 Å². The summed E-state index contributed by atoms with van der Waals surface area (Å²) in [6, 6.07) is 17.8. The maximum Gasteiger partial charge on any atom is 0.266 e. The van der Waals surface area contributed by atoms with Crippen LogP contribution < -0.4 is 15.0 Å². The Morgan fingerprint density at radius 1 is 0.621 bits per heavy atom. The Morgan fingerprint density at radius 2 is 1.21 bits per heavy atom. The van der Waals surface area contributed by atoms with Gasteiger partial charge in [-0.3, -0.25) is 24.5 Å². The summed E-state index contributed by atoms with van der Waals surface area (Å²) in [5, 5.41) is 2.23. The highest BCUT2D eigenvalue weighted by atomic mass is 16.5. The topological polar surface area (TPSA) is 92.8 Å². The number of hydrogen-bond acceptors (Lipinski definition) is 5. The number of anilines is 1. The van der Waals surface area contributed by atoms with Crippen LogP contribution in [0.3, 0.4) is 0 Å². The Bertz CT molecular complexity index is 1200. The number of carbonyl (C=O) groups is 4. The van der Waals surface area contributed by atoms with Crippen LogP contribution in [0.1, 0.15) is 41.4 Å². The minimum absolute atomic E-state index is 0.259. The van der Waals surface area contributed by atoms with E-state index in [1.54, 1.807) is 54.6 Å². The molecule has 2 aliphatic heterocycles. The molecule has 0 saturated carbocycles. The van der Waals surface area contributed by atoms with Crippen LogP contribution in [-0.2, 0) is 0 Å². The van der Waals surface area contributed by atoms with E-state index < -0.39 is 11.8 Å². The molecule has 4 amide bonds. The molecule has 0 atom stereocenters. The Hall–Kier alpha value is -4.26. The van der Waals surface area contributed by atoms with Crippen LogP contribution in [0.5, 0.6) is 11.5 Å². The second-order valence-electron chi connectivity index (χ2n) is 6.58. The molecule has 0 saturated heterocycles. The first-order valence-electron chi connectivity index (χ1n) is 8.78. The van der Waals surface area contributed by atoms with Crippen molar-refractivity contribution in [2.24, 2.45) is 0 Å². The quantitative estimate of drug-likeness (QED) is 0.700. The van der Waals surface area contributed by atoms with Crippen molar-refractivity contribution in [3.05, 3.63) is 89.0 Å². The van der Waals surface area contributed by atoms with Crippen LogP contribution in [0, 0.1) is 0 Å². The van der Waals surface area contributed by atoms with Crippen molar-refractivity contribution in [2.45, 2.75) is 0 Å². The van der Waals surface area contributed by atoms with Gasteiger partial charge in [0.05, 0.1) is 27.9 Å². The monoisotopic (exact) mass is 384 g/mol. The SMILES string of the molecule is O=C1NC(=O)c2cc(Oc3ccc(N4C(=O)c5ccccc5C4=O)cc3)ccc21. The highest BCUT2D eigenvalue weighted by Crippen LogP contribution is 2.31. The fourth-order valence-electron chi connectivity index (χ4n) is 3.43. The number of imide groups is 2. The fraction of sp³-hybridized carbons (Fsp3) is 0. The maximum absolute atomic E-state index is 12.6. The number of benzene rings is 3. The highest BCUT2D eigenvalue weighted by Gasteiger charge is 2.36. The molecule has 29 heavy (non-hydrogen) atoms. The molecule has 5 rings (SSSR count). The molecular formula is C22H12N2O5. The summed E-state index contributed by atoms with van der Waals surface area (Å²) < 4.78 is 5.74. The minimum Gasteiger partial charge on any atom is -0.457 e. The average Bonchev–Trinajstić information content (AvgIpc) is 3.16. The fourth-order valence-corrected chi connectivity index (χ4v) is 3.43. The second-order valence-corrected chi connectivity index (χ2v) is 6.58. The van der Waals surface area contributed by atoms with Gasteiger partial charge >= 0.3 is 0 Å². The molecule has 140 valence electrons. The lowest BCUT2D eigenvalue weighted by Crippen LogP contribution is -2.29. The standard InChI is InChI=1S/C22H12N2O5/c25-19-15-10-9-14(11-18(15)20(26)23-19)29-13-7-5-12(6-8-13)24-21(27)16-3-1-2-4-17(16)22(24)28/h1-11H,(H,23,25,26). The normalized spacial score (nSPS) is 14.7. The lowest BCUT2D eigenvalue weighted by molar-refractivity contribution is 0.0874. The van der Waals surface area contributed by atoms with Crippen LogP contribution in [0.2, 0.25) is 0 Å². The smallest absolute Gasteiger partial charge is 0.266 e. The molecule has 0 aromatic heterocycles. The number of hydrogen-bond donors (Lipinski definition) is 1. The van der Waals surface area contributed by atoms with Gasteiger partial charge in [0, 0.05) is 0 Å². The molecule has 2 aliphatic rings. The summed E-state index contributed by atoms with van der Waals surface area (Å²) in [5.41, 5.74) is 1.76. The summed E-state index contributed by atoms with van der Waals surface area (Å²) in [4.78, 5) is 49.6. The van der Waals surface area contributed by atoms with E-state index in [0.29, 0.717) is 33.9 Å². The number of carbonyl (C=O) groups excluding carboxylic acids is 4. The molecule has 1 N–H and O–H groups in total. The number of nitrogens with zero attached hydrogens (tertiary/aromatic N) is 1. The minimum atomic E-state index is -0.462. The Morgan fingerprint density at radius 3 is 1.86 bits per heavy atom. The molecule has 3 aromatic rings. The summed E-state index contributed by atoms with van der Waals surface area (Å²) >= 11 is 0. The van der Waals surface area contributed by atoms with E-state index in [1.165, 1.54) is 12.1 Å². The van der Waals surface area contributed by atoms with Crippen LogP contribution in [-0.4, -0.2) is 23.6 Å². The first-order valence-corrected chi connectivity index (χ1v) is 8.78. The van der Waals surface area contributed by atoms with Crippen LogP contribution in [0.4, 0.5) is 5.69 Å². The second kappa shape index (κ2) is 6.13. The van der Waals surface area contributed by atoms with Crippen LogP contribution in [0.25, 0.3) is 0 Å². The van der Waals surface area contributed by atoms with E-state index in [-0.39, 0.29) is 17.4 Å². The van der Waals surface area contributed by atoms with E-state index in [4.69, 9.17) is 4.74 Å². The van der Waals surface area contributed by atoms with Gasteiger partial charge in [0.15, 0.2) is 0 Å². The van der Waals surface area contributed by atoms with Gasteiger partial charge in [-0.1, -0.05) is 12.1 Å². The van der Waals surface area contributed by atoms with Gasteiger partial charge < -0.3 is 4.74 Å². The first-order chi connectivity index (χ1) is 14.0. The lowest BCUT2D eigenvalue weighted by Gasteiger charge is -2.14. The Balaban J connectivity index is 1.39. The number of amides is 4. The van der Waals surface area contributed by atoms with Crippen molar-refractivity contribution in [3.63, 3.8) is 0 Å². The number of rotatable bonds is 3. The molecule has 0 bridgehead atoms. The summed E-state index contributed by atoms with van der Waals surface area (Å²) in [6.07, 6.45) is 0. The van der Waals surface area contributed by atoms with Gasteiger partial charge in [-0.25, -0.2) is 4.90 Å². The molecule has 0 aliphatic carbocycles. The Kier molecular flexibility index (Phi) is 3.57. The largest absolute Gasteiger partial charge is 0.457 e. The van der Waals surface area contributed by atoms with Crippen molar-refractivity contribution in [1.29, 1.82) is 0 Å². The average molecular weight is 384 g/mol. The zero-order valence-electron chi connectivity index (χ0n) is 14.8. The molecule has 7 nitrogen and oxygen atoms in total. The van der Waals surface area contributed by atoms with E-state index >= 15 is 0 Å². The van der Waals surface area contributed by atoms with Gasteiger partial charge in [-0.2, -0.15) is 0 Å². The lowest BCUT2D eigenvalue weighted by atomic mass is 10.1. The van der Waals surface area contributed by atoms with Crippen molar-refractivity contribution >= 4 is 29.3 Å². The van der Waals surface area contributed by atoms with Crippen molar-refractivity contribution < 1.29 is 23.9 Å². The molecule has 0 unspecified atom stereocenters. The zero-order chi connectivity index (χ0) is 20.1. The van der Waals surface area contributed by atoms with Crippen LogP contribution in [0.15, 0.2) is 66.7 Å². The number of fused-ring (bicyclic) bond motifs is 2. The third kappa shape index (κ3) is 2.60. The van der Waals surface area contributed by atoms with E-state index in [2.05, 4.69) is 5.32 Å². The molecule has 7 heteroatoms. The molecule has 2 heterocycles. The van der Waals surface area contributed by atoms with Crippen LogP contribution >= 0.6 is 0 Å². The van der Waals surface area contributed by atoms with Crippen molar-refractivity contribution in [1.82, 2.24) is 5.32 Å². The third-order valence-corrected chi connectivity index (χ3v) is 4.83. The third-order valence-electron chi connectivity index (χ3n) is 4.83. The summed E-state index contributed by atoms with van der Waals surface area (Å²) in [6.45, 7) is 0. The van der Waals surface area contributed by atoms with Crippen molar-refractivity contribution in [2.75, 3.05) is 4.90 Å². The van der Waals surface area contributed by atoms with Gasteiger partial charge in [0.25, 0.3) is 23.6 Å². The zero-order valence-corrected chi connectivity index (χ0v) is 14.8. The van der Waals surface area contributed by atoms with E-state index in [9.17, 15) is 19.2 Å². The molecule has 0 spiro atoms.